The maximum atomic E-state index is 13.2. The van der Waals surface area contributed by atoms with Crippen LogP contribution >= 0.6 is 11.6 Å². The summed E-state index contributed by atoms with van der Waals surface area (Å²) in [6, 6.07) is 19.0. The Hall–Kier alpha value is -2.85. The highest BCUT2D eigenvalue weighted by molar-refractivity contribution is 6.31. The van der Waals surface area contributed by atoms with Crippen LogP contribution in [0.1, 0.15) is 56.1 Å². The van der Waals surface area contributed by atoms with Crippen molar-refractivity contribution in [1.82, 2.24) is 10.3 Å². The molecular formula is C29H31ClN2O2. The third-order valence-corrected chi connectivity index (χ3v) is 8.57. The number of ether oxygens (including phenoxy) is 1. The molecule has 1 amide bonds. The second-order valence-corrected chi connectivity index (χ2v) is 10.1. The van der Waals surface area contributed by atoms with Crippen molar-refractivity contribution < 1.29 is 9.53 Å². The fourth-order valence-electron chi connectivity index (χ4n) is 6.58. The second kappa shape index (κ2) is 9.07. The molecule has 0 bridgehead atoms. The number of benzene rings is 2. The number of nitrogens with one attached hydrogen (secondary N) is 1. The first-order valence-corrected chi connectivity index (χ1v) is 12.5. The average Bonchev–Trinajstić information content (AvgIpc) is 3.14. The molecule has 3 aromatic rings. The molecule has 1 N–H and O–H groups in total. The van der Waals surface area contributed by atoms with Crippen LogP contribution in [0.15, 0.2) is 67.0 Å². The summed E-state index contributed by atoms with van der Waals surface area (Å²) in [5.74, 6) is 1.57. The number of hydrogen-bond acceptors (Lipinski definition) is 3. The molecule has 1 aliphatic heterocycles. The van der Waals surface area contributed by atoms with E-state index in [1.54, 1.807) is 13.3 Å². The van der Waals surface area contributed by atoms with Crippen molar-refractivity contribution >= 4 is 17.5 Å². The van der Waals surface area contributed by atoms with Crippen molar-refractivity contribution in [1.29, 1.82) is 0 Å². The van der Waals surface area contributed by atoms with Crippen LogP contribution in [0.2, 0.25) is 5.02 Å². The fraction of sp³-hybridized carbons (Fsp3) is 0.379. The van der Waals surface area contributed by atoms with Gasteiger partial charge in [-0.2, -0.15) is 0 Å². The number of fused-ring (bicyclic) bond motifs is 1. The van der Waals surface area contributed by atoms with Gasteiger partial charge in [-0.15, -0.1) is 0 Å². The molecule has 1 aromatic heterocycles. The van der Waals surface area contributed by atoms with Crippen molar-refractivity contribution in [2.24, 2.45) is 11.3 Å². The van der Waals surface area contributed by atoms with Crippen molar-refractivity contribution in [2.45, 2.75) is 51.0 Å². The Bertz CT molecular complexity index is 1180. The summed E-state index contributed by atoms with van der Waals surface area (Å²) in [7, 11) is 1.66. The van der Waals surface area contributed by atoms with Crippen molar-refractivity contribution in [3.8, 4) is 16.9 Å². The molecule has 4 nitrogen and oxygen atoms in total. The number of nitrogens with zero attached hydrogens (tertiary/aromatic N) is 1. The van der Waals surface area contributed by atoms with Gasteiger partial charge < -0.3 is 10.1 Å². The zero-order valence-corrected chi connectivity index (χ0v) is 20.7. The quantitative estimate of drug-likeness (QED) is 0.453. The number of rotatable bonds is 5. The number of hydrogen-bond donors (Lipinski definition) is 1. The predicted octanol–water partition coefficient (Wildman–Crippen LogP) is 6.60. The van der Waals surface area contributed by atoms with Gasteiger partial charge in [-0.25, -0.2) is 0 Å². The summed E-state index contributed by atoms with van der Waals surface area (Å²) in [6.45, 7) is 4.32. The third kappa shape index (κ3) is 3.69. The minimum atomic E-state index is -0.332. The number of carbonyl (C=O) groups excluding carboxylic acids is 1. The molecule has 1 aliphatic carbocycles. The van der Waals surface area contributed by atoms with Crippen LogP contribution in [0.25, 0.3) is 11.1 Å². The van der Waals surface area contributed by atoms with Crippen molar-refractivity contribution in [3.05, 3.63) is 83.1 Å². The maximum Gasteiger partial charge on any atom is 0.226 e. The maximum absolute atomic E-state index is 13.2. The first-order chi connectivity index (χ1) is 16.5. The normalized spacial score (nSPS) is 28.3. The smallest absolute Gasteiger partial charge is 0.226 e. The molecule has 5 heteroatoms. The Morgan fingerprint density at radius 3 is 2.59 bits per heavy atom. The van der Waals surface area contributed by atoms with Crippen LogP contribution in [0.3, 0.4) is 0 Å². The van der Waals surface area contributed by atoms with E-state index in [2.05, 4.69) is 60.5 Å². The second-order valence-electron chi connectivity index (χ2n) is 9.72. The molecule has 5 atom stereocenters. The molecule has 2 fully saturated rings. The lowest BCUT2D eigenvalue weighted by atomic mass is 9.54. The van der Waals surface area contributed by atoms with Gasteiger partial charge in [0, 0.05) is 29.4 Å². The molecule has 34 heavy (non-hydrogen) atoms. The summed E-state index contributed by atoms with van der Waals surface area (Å²) in [6.07, 6.45) is 6.33. The van der Waals surface area contributed by atoms with Gasteiger partial charge >= 0.3 is 0 Å². The number of amides is 1. The van der Waals surface area contributed by atoms with Gasteiger partial charge in [-0.3, -0.25) is 9.78 Å². The molecule has 0 radical (unpaired) electrons. The van der Waals surface area contributed by atoms with Crippen LogP contribution in [0.4, 0.5) is 0 Å². The fourth-order valence-corrected chi connectivity index (χ4v) is 6.89. The Morgan fingerprint density at radius 1 is 1.15 bits per heavy atom. The Kier molecular flexibility index (Phi) is 6.11. The van der Waals surface area contributed by atoms with Crippen LogP contribution in [-0.4, -0.2) is 24.0 Å². The van der Waals surface area contributed by atoms with Crippen molar-refractivity contribution in [3.63, 3.8) is 0 Å². The summed E-state index contributed by atoms with van der Waals surface area (Å²) < 4.78 is 5.39. The van der Waals surface area contributed by atoms with E-state index in [0.717, 1.165) is 46.7 Å². The molecule has 2 aromatic carbocycles. The van der Waals surface area contributed by atoms with E-state index in [9.17, 15) is 4.79 Å². The number of halogens is 1. The minimum Gasteiger partial charge on any atom is -0.497 e. The highest BCUT2D eigenvalue weighted by atomic mass is 35.5. The average molecular weight is 475 g/mol. The standard InChI is InChI=1S/C29H31ClN2O2/c1-4-29-14-13-24(23-12-11-22(34-3)16-25(23)30)26(27(29)18(2)32-28(29)33)20-9-7-19(8-10-20)21-6-5-15-31-17-21/h5-12,15-18,24,26-27H,4,13-14H2,1-3H3,(H,32,33)/t18-,24+,26+,27+,29-/m1/s1. The summed E-state index contributed by atoms with van der Waals surface area (Å²) >= 11 is 6.81. The highest BCUT2D eigenvalue weighted by Gasteiger charge is 2.59. The molecule has 2 heterocycles. The monoisotopic (exact) mass is 474 g/mol. The lowest BCUT2D eigenvalue weighted by Gasteiger charge is -2.47. The largest absolute Gasteiger partial charge is 0.497 e. The van der Waals surface area contributed by atoms with Crippen LogP contribution in [-0.2, 0) is 4.79 Å². The van der Waals surface area contributed by atoms with Gasteiger partial charge in [0.2, 0.25) is 5.91 Å². The molecule has 1 saturated heterocycles. The Morgan fingerprint density at radius 2 is 1.94 bits per heavy atom. The van der Waals surface area contributed by atoms with E-state index in [0.29, 0.717) is 0 Å². The lowest BCUT2D eigenvalue weighted by Crippen LogP contribution is -2.43. The van der Waals surface area contributed by atoms with Crippen LogP contribution in [0.5, 0.6) is 5.75 Å². The number of carbonyl (C=O) groups is 1. The first kappa shape index (κ1) is 22.9. The molecular weight excluding hydrogens is 444 g/mol. The zero-order chi connectivity index (χ0) is 23.9. The highest BCUT2D eigenvalue weighted by Crippen LogP contribution is 2.60. The van der Waals surface area contributed by atoms with E-state index >= 15 is 0 Å². The van der Waals surface area contributed by atoms with E-state index in [1.165, 1.54) is 5.56 Å². The van der Waals surface area contributed by atoms with E-state index < -0.39 is 0 Å². The van der Waals surface area contributed by atoms with Gasteiger partial charge in [0.1, 0.15) is 5.75 Å². The Balaban J connectivity index is 1.61. The molecule has 5 rings (SSSR count). The van der Waals surface area contributed by atoms with E-state index in [1.807, 2.05) is 24.4 Å². The first-order valence-electron chi connectivity index (χ1n) is 12.1. The predicted molar refractivity (Wildman–Crippen MR) is 136 cm³/mol. The topological polar surface area (TPSA) is 51.2 Å². The summed E-state index contributed by atoms with van der Waals surface area (Å²) in [5.41, 5.74) is 4.31. The van der Waals surface area contributed by atoms with Gasteiger partial charge in [0.25, 0.3) is 0 Å². The van der Waals surface area contributed by atoms with Gasteiger partial charge in [-0.1, -0.05) is 54.9 Å². The van der Waals surface area contributed by atoms with Crippen molar-refractivity contribution in [2.75, 3.05) is 7.11 Å². The van der Waals surface area contributed by atoms with E-state index in [4.69, 9.17) is 16.3 Å². The van der Waals surface area contributed by atoms with Gasteiger partial charge in [0.05, 0.1) is 12.5 Å². The lowest BCUT2D eigenvalue weighted by molar-refractivity contribution is -0.131. The number of pyridine rings is 1. The minimum absolute atomic E-state index is 0.107. The number of methoxy groups -OCH3 is 1. The van der Waals surface area contributed by atoms with Crippen LogP contribution < -0.4 is 10.1 Å². The summed E-state index contributed by atoms with van der Waals surface area (Å²) in [5, 5.41) is 4.02. The number of aromatic nitrogens is 1. The molecule has 176 valence electrons. The van der Waals surface area contributed by atoms with E-state index in [-0.39, 0.29) is 35.1 Å². The van der Waals surface area contributed by atoms with Crippen LogP contribution in [0, 0.1) is 11.3 Å². The zero-order valence-electron chi connectivity index (χ0n) is 19.9. The Labute approximate surface area is 206 Å². The SMILES string of the molecule is CC[C@@]12CC[C@@H](c3ccc(OC)cc3Cl)[C@H](c3ccc(-c4cccnc4)cc3)[C@@H]1[C@@H](C)NC2=O. The van der Waals surface area contributed by atoms with Gasteiger partial charge in [-0.05, 0) is 78.5 Å². The summed E-state index contributed by atoms with van der Waals surface area (Å²) in [4.78, 5) is 17.5. The molecule has 0 spiro atoms. The van der Waals surface area contributed by atoms with Gasteiger partial charge in [0.15, 0.2) is 0 Å². The molecule has 1 saturated carbocycles. The molecule has 0 unspecified atom stereocenters. The molecule has 2 aliphatic rings. The third-order valence-electron chi connectivity index (χ3n) is 8.24.